The lowest BCUT2D eigenvalue weighted by Crippen LogP contribution is -2.58. The molecule has 0 unspecified atom stereocenters. The van der Waals surface area contributed by atoms with Gasteiger partial charge in [0.2, 0.25) is 23.6 Å². The molecule has 0 spiro atoms. The molecule has 30 heteroatoms. The van der Waals surface area contributed by atoms with Gasteiger partial charge in [0.1, 0.15) is 24.4 Å². The molecule has 26 nitrogen and oxygen atoms in total. The first kappa shape index (κ1) is 76.0. The maximum atomic E-state index is 15.4. The molecule has 0 aliphatic carbocycles. The topological polar surface area (TPSA) is 296 Å². The number of halogens is 1. The number of hydrogen-bond acceptors (Lipinski definition) is 23. The fraction of sp³-hybridized carbons (Fsp3) is 0.446. The Balaban J connectivity index is 0.529. The lowest BCUT2D eigenvalue weighted by Gasteiger charge is -2.35. The van der Waals surface area contributed by atoms with Gasteiger partial charge in [0.05, 0.1) is 84.8 Å². The van der Waals surface area contributed by atoms with Crippen molar-refractivity contribution in [2.45, 2.75) is 111 Å². The van der Waals surface area contributed by atoms with Crippen molar-refractivity contribution in [3.63, 3.8) is 0 Å². The first-order valence-electron chi connectivity index (χ1n) is 34.6. The normalized spacial score (nSPS) is 15.7. The van der Waals surface area contributed by atoms with Crippen LogP contribution >= 0.6 is 34.0 Å². The van der Waals surface area contributed by atoms with Crippen molar-refractivity contribution in [3.05, 3.63) is 152 Å². The van der Waals surface area contributed by atoms with Crippen molar-refractivity contribution in [1.82, 2.24) is 55.3 Å². The number of esters is 1. The van der Waals surface area contributed by atoms with E-state index in [1.54, 1.807) is 39.9 Å². The quantitative estimate of drug-likeness (QED) is 0.0135. The van der Waals surface area contributed by atoms with E-state index in [1.165, 1.54) is 40.7 Å². The summed E-state index contributed by atoms with van der Waals surface area (Å²) in [5, 5.41) is 28.8. The Hall–Kier alpha value is -9.16. The molecular weight excluding hydrogens is 1390 g/mol. The van der Waals surface area contributed by atoms with Crippen molar-refractivity contribution in [2.24, 2.45) is 5.41 Å². The first-order valence-corrected chi connectivity index (χ1v) is 37.1. The standard InChI is InChI=1S/C74H86FN13O13S3/c1-48-66(102-46-77-48)52-22-19-50(20-23-52)40-76-69(93)59-39-54(89)42-88(59)70(94)67(74(2,3)4)79-63(90)45-99-37-35-97-34-36-98-44-53-41-87(83-82-53)27-10-18-64(91)85-31-29-84(30-32-85)26-9-12-49-21-24-60(57(75)38-49)100-33-11-17-62-65(71(95)101-47-96-5)80-73(104-62)86-28-25-51-13-8-14-55(56(51)43-86)68(92)81-72-78-58-15-6-7-16-61(58)103-72/h6-8,13-16,19-24,38,41,46,54,59,67,89H,10-11,17-18,25-37,39-40,42-45,47H2,1-5H3,(H,76,93)(H,79,90)(H,78,81,92)/t54-,59+,67-/m1/s1. The number of aromatic nitrogens is 6. The summed E-state index contributed by atoms with van der Waals surface area (Å²) in [5.41, 5.74) is 8.55. The zero-order chi connectivity index (χ0) is 73.1. The van der Waals surface area contributed by atoms with E-state index in [-0.39, 0.29) is 102 Å². The number of thiazole rings is 3. The van der Waals surface area contributed by atoms with Gasteiger partial charge in [0.15, 0.2) is 34.3 Å². The average molecular weight is 1480 g/mol. The molecule has 3 aliphatic rings. The van der Waals surface area contributed by atoms with E-state index in [2.05, 4.69) is 57.9 Å². The van der Waals surface area contributed by atoms with Crippen LogP contribution in [0, 0.1) is 30.0 Å². The molecule has 2 saturated heterocycles. The van der Waals surface area contributed by atoms with Crippen molar-refractivity contribution in [3.8, 4) is 28.0 Å². The Morgan fingerprint density at radius 2 is 1.67 bits per heavy atom. The molecule has 11 rings (SSSR count). The number of ether oxygens (including phenoxy) is 6. The Labute approximate surface area is 614 Å². The maximum Gasteiger partial charge on any atom is 0.360 e. The van der Waals surface area contributed by atoms with Crippen LogP contribution in [0.15, 0.2) is 96.6 Å². The van der Waals surface area contributed by atoms with Crippen LogP contribution in [0.25, 0.3) is 20.7 Å². The smallest absolute Gasteiger partial charge is 0.360 e. The Bertz CT molecular complexity index is 4320. The lowest BCUT2D eigenvalue weighted by molar-refractivity contribution is -0.144. The number of carbonyl (C=O) groups is 6. The van der Waals surface area contributed by atoms with E-state index < -0.39 is 47.2 Å². The number of β-amino-alcohol motifs (C(OH)–C–C–N with tert-alkyl or cyclic N) is 1. The van der Waals surface area contributed by atoms with Crippen molar-refractivity contribution < 1.29 is 66.7 Å². The summed E-state index contributed by atoms with van der Waals surface area (Å²) in [6.45, 7) is 12.7. The minimum Gasteiger partial charge on any atom is -0.491 e. The van der Waals surface area contributed by atoms with Crippen LogP contribution in [0.2, 0.25) is 0 Å². The maximum absolute atomic E-state index is 15.4. The summed E-state index contributed by atoms with van der Waals surface area (Å²) in [7, 11) is 1.43. The molecule has 0 radical (unpaired) electrons. The molecule has 0 bridgehead atoms. The second kappa shape index (κ2) is 36.5. The van der Waals surface area contributed by atoms with Crippen LogP contribution in [-0.2, 0) is 81.9 Å². The van der Waals surface area contributed by atoms with E-state index in [9.17, 15) is 33.9 Å². The highest BCUT2D eigenvalue weighted by molar-refractivity contribution is 7.22. The zero-order valence-electron chi connectivity index (χ0n) is 58.9. The van der Waals surface area contributed by atoms with Gasteiger partial charge in [0.25, 0.3) is 5.91 Å². The molecule has 4 N–H and O–H groups in total. The SMILES string of the molecule is COCOC(=O)c1nc(N2CCc3cccc(C(=O)Nc4nc5ccccc5s4)c3C2)sc1CCCOc1ccc(C#CCN2CCN(C(=O)CCCn3cc(COCCOCCOCC(=O)N[C@H](C(=O)N4C[C@H](O)C[C@H]4C(=O)NCc4ccc(-c5scnc5C)cc4)C(C)(C)C)nn3)CC2)cc1F. The van der Waals surface area contributed by atoms with Gasteiger partial charge in [-0.2, -0.15) is 0 Å². The number of aryl methyl sites for hydroxylation is 3. The number of nitrogens with one attached hydrogen (secondary N) is 3. The summed E-state index contributed by atoms with van der Waals surface area (Å²) in [4.78, 5) is 104. The molecule has 5 amide bonds. The number of rotatable bonds is 32. The van der Waals surface area contributed by atoms with Gasteiger partial charge in [0, 0.05) is 94.9 Å². The number of amides is 5. The molecule has 3 atom stereocenters. The second-order valence-electron chi connectivity index (χ2n) is 26.5. The second-order valence-corrected chi connectivity index (χ2v) is 29.4. The predicted octanol–water partition coefficient (Wildman–Crippen LogP) is 7.84. The number of anilines is 2. The molecule has 4 aromatic heterocycles. The fourth-order valence-electron chi connectivity index (χ4n) is 12.3. The largest absolute Gasteiger partial charge is 0.491 e. The summed E-state index contributed by atoms with van der Waals surface area (Å²) >= 11 is 4.35. The number of fused-ring (bicyclic) bond motifs is 2. The molecule has 2 fully saturated rings. The number of para-hydroxylation sites is 1. The van der Waals surface area contributed by atoms with E-state index in [4.69, 9.17) is 33.4 Å². The van der Waals surface area contributed by atoms with Gasteiger partial charge >= 0.3 is 5.97 Å². The summed E-state index contributed by atoms with van der Waals surface area (Å²) in [6.07, 6.45) is 3.42. The van der Waals surface area contributed by atoms with Crippen LogP contribution in [0.3, 0.4) is 0 Å². The van der Waals surface area contributed by atoms with Gasteiger partial charge in [-0.25, -0.2) is 24.1 Å². The van der Waals surface area contributed by atoms with Crippen LogP contribution < -0.4 is 25.6 Å². The summed E-state index contributed by atoms with van der Waals surface area (Å²) in [5.74, 6) is 3.57. The Morgan fingerprint density at radius 1 is 0.875 bits per heavy atom. The highest BCUT2D eigenvalue weighted by Crippen LogP contribution is 2.35. The molecule has 4 aromatic carbocycles. The van der Waals surface area contributed by atoms with Gasteiger partial charge < -0.3 is 58.9 Å². The number of carbonyl (C=O) groups excluding carboxylic acids is 6. The van der Waals surface area contributed by atoms with Crippen LogP contribution in [-0.4, -0.2) is 203 Å². The number of methoxy groups -OCH3 is 1. The molecule has 104 heavy (non-hydrogen) atoms. The minimum atomic E-state index is -0.995. The molecule has 8 aromatic rings. The zero-order valence-corrected chi connectivity index (χ0v) is 61.3. The van der Waals surface area contributed by atoms with Crippen molar-refractivity contribution in [2.75, 3.05) is 110 Å². The highest BCUT2D eigenvalue weighted by Gasteiger charge is 2.44. The molecular formula is C74H86FN13O13S3. The van der Waals surface area contributed by atoms with Crippen molar-refractivity contribution >= 4 is 90.0 Å². The monoisotopic (exact) mass is 1480 g/mol. The number of nitrogens with zero attached hydrogens (tertiary/aromatic N) is 10. The third-order valence-corrected chi connectivity index (χ3v) is 20.9. The van der Waals surface area contributed by atoms with Gasteiger partial charge in [-0.15, -0.1) is 27.8 Å². The average Bonchev–Trinajstić information content (AvgIpc) is 1.71. The van der Waals surface area contributed by atoms with Crippen molar-refractivity contribution in [1.29, 1.82) is 0 Å². The van der Waals surface area contributed by atoms with Gasteiger partial charge in [-0.3, -0.25) is 38.9 Å². The van der Waals surface area contributed by atoms with E-state index >= 15 is 4.39 Å². The molecule has 7 heterocycles. The Kier molecular flexibility index (Phi) is 26.7. The highest BCUT2D eigenvalue weighted by atomic mass is 32.1. The number of aliphatic hydroxyl groups excluding tert-OH is 1. The van der Waals surface area contributed by atoms with Gasteiger partial charge in [-0.1, -0.05) is 97.7 Å². The van der Waals surface area contributed by atoms with Crippen LogP contribution in [0.4, 0.5) is 14.7 Å². The molecule has 550 valence electrons. The number of hydrogen-bond donors (Lipinski definition) is 4. The fourth-order valence-corrected chi connectivity index (χ4v) is 15.1. The first-order chi connectivity index (χ1) is 50.3. The lowest BCUT2D eigenvalue weighted by atomic mass is 9.85. The molecule has 0 saturated carbocycles. The molecule has 3 aliphatic heterocycles. The summed E-state index contributed by atoms with van der Waals surface area (Å²) in [6, 6.07) is 24.0. The predicted molar refractivity (Wildman–Crippen MR) is 390 cm³/mol. The number of likely N-dealkylation sites (tertiary alicyclic amines) is 1. The Morgan fingerprint density at radius 3 is 2.44 bits per heavy atom. The van der Waals surface area contributed by atoms with Crippen LogP contribution in [0.1, 0.15) is 106 Å². The van der Waals surface area contributed by atoms with E-state index in [0.29, 0.717) is 116 Å². The van der Waals surface area contributed by atoms with Gasteiger partial charge in [-0.05, 0) is 96.7 Å². The third-order valence-electron chi connectivity index (χ3n) is 17.8. The number of aliphatic hydroxyl groups is 1. The number of piperazine rings is 1. The third kappa shape index (κ3) is 20.6. The van der Waals surface area contributed by atoms with E-state index in [0.717, 1.165) is 43.0 Å². The minimum absolute atomic E-state index is 0.0383. The number of benzene rings is 4. The van der Waals surface area contributed by atoms with E-state index in [1.807, 2.05) is 99.3 Å². The van der Waals surface area contributed by atoms with Crippen LogP contribution in [0.5, 0.6) is 5.75 Å². The summed E-state index contributed by atoms with van der Waals surface area (Å²) < 4.78 is 51.2.